The Labute approximate surface area is 231 Å². The van der Waals surface area contributed by atoms with Gasteiger partial charge in [0.1, 0.15) is 0 Å². The summed E-state index contributed by atoms with van der Waals surface area (Å²) in [5.41, 5.74) is 18.8. The van der Waals surface area contributed by atoms with Crippen LogP contribution in [0.15, 0.2) is 109 Å². The minimum atomic E-state index is 0.122. The predicted molar refractivity (Wildman–Crippen MR) is 168 cm³/mol. The normalized spacial score (nSPS) is 13.9. The van der Waals surface area contributed by atoms with Gasteiger partial charge in [0.15, 0.2) is 0 Å². The summed E-state index contributed by atoms with van der Waals surface area (Å²) in [6.07, 6.45) is 3.95. The Morgan fingerprint density at radius 1 is 0.400 bits per heavy atom. The van der Waals surface area contributed by atoms with Crippen LogP contribution in [0.2, 0.25) is 0 Å². The molecule has 0 bridgehead atoms. The molecule has 2 aromatic heterocycles. The van der Waals surface area contributed by atoms with Gasteiger partial charge in [-0.1, -0.05) is 95.9 Å². The Kier molecular flexibility index (Phi) is 3.31. The van der Waals surface area contributed by atoms with E-state index in [9.17, 15) is 0 Å². The van der Waals surface area contributed by atoms with Crippen molar-refractivity contribution in [1.82, 2.24) is 9.97 Å². The van der Waals surface area contributed by atoms with Crippen LogP contribution in [-0.2, 0) is 0 Å². The molecule has 0 saturated carbocycles. The van der Waals surface area contributed by atoms with Crippen molar-refractivity contribution in [2.45, 2.75) is 0 Å². The summed E-state index contributed by atoms with van der Waals surface area (Å²) in [5, 5.41) is 5.34. The predicted octanol–water partition coefficient (Wildman–Crippen LogP) is 3.74. The van der Waals surface area contributed by atoms with E-state index in [0.29, 0.717) is 0 Å². The number of hydrogen-bond donors (Lipinski definition) is 0. The minimum absolute atomic E-state index is 0.122. The number of pyridine rings is 2. The minimum Gasteiger partial charge on any atom is -0.270 e. The first-order chi connectivity index (χ1) is 19.9. The van der Waals surface area contributed by atoms with Gasteiger partial charge in [-0.2, -0.15) is 0 Å². The molecule has 7 aromatic rings. The molecule has 2 nitrogen and oxygen atoms in total. The van der Waals surface area contributed by atoms with Crippen LogP contribution >= 0.6 is 0 Å². The molecule has 11 rings (SSSR count). The van der Waals surface area contributed by atoms with Gasteiger partial charge in [-0.25, -0.2) is 0 Å². The summed E-state index contributed by atoms with van der Waals surface area (Å²) in [6.45, 7) is 0.244. The van der Waals surface area contributed by atoms with Gasteiger partial charge in [0.05, 0.1) is 0 Å². The molecule has 0 amide bonds. The Balaban J connectivity index is 1.47. The number of benzene rings is 5. The number of fused-ring (bicyclic) bond motifs is 12. The van der Waals surface area contributed by atoms with Gasteiger partial charge >= 0.3 is 0 Å². The Hall–Kier alpha value is -4.95. The van der Waals surface area contributed by atoms with E-state index in [4.69, 9.17) is 9.97 Å². The van der Waals surface area contributed by atoms with Crippen molar-refractivity contribution < 1.29 is 0 Å². The molecule has 0 spiro atoms. The van der Waals surface area contributed by atoms with Crippen LogP contribution < -0.4 is 33.0 Å². The topological polar surface area (TPSA) is 25.8 Å². The third-order valence-corrected chi connectivity index (χ3v) is 9.95. The van der Waals surface area contributed by atoms with Gasteiger partial charge in [0, 0.05) is 23.6 Å². The smallest absolute Gasteiger partial charge is 0.267 e. The van der Waals surface area contributed by atoms with Crippen molar-refractivity contribution >= 4 is 68.0 Å². The molecule has 6 heterocycles. The average molecular weight is 500 g/mol. The fourth-order valence-electron chi connectivity index (χ4n) is 8.72. The largest absolute Gasteiger partial charge is 0.270 e. The number of rotatable bonds is 0. The molecular weight excluding hydrogens is 482 g/mol. The fourth-order valence-corrected chi connectivity index (χ4v) is 8.72. The fraction of sp³-hybridized carbons (Fsp3) is 0. The van der Waals surface area contributed by atoms with E-state index in [2.05, 4.69) is 97.1 Å². The highest BCUT2D eigenvalue weighted by molar-refractivity contribution is 7.05. The summed E-state index contributed by atoms with van der Waals surface area (Å²) < 4.78 is 0. The van der Waals surface area contributed by atoms with Crippen molar-refractivity contribution in [1.29, 1.82) is 0 Å². The SMILES string of the molecule is c1cnc2c(c1)-c1c3c(c4c5c1-c1cccc6cccc(c16)B5c1ncccc1-4)-c1cccc4cccc(c14)B23. The van der Waals surface area contributed by atoms with Gasteiger partial charge in [-0.3, -0.25) is 9.97 Å². The Bertz CT molecular complexity index is 2180. The van der Waals surface area contributed by atoms with Gasteiger partial charge < -0.3 is 0 Å². The van der Waals surface area contributed by atoms with Gasteiger partial charge in [-0.05, 0) is 89.1 Å². The molecule has 0 saturated heterocycles. The van der Waals surface area contributed by atoms with E-state index in [1.54, 1.807) is 0 Å². The van der Waals surface area contributed by atoms with Crippen molar-refractivity contribution in [3.63, 3.8) is 0 Å². The first kappa shape index (κ1) is 20.0. The molecule has 0 unspecified atom stereocenters. The summed E-state index contributed by atoms with van der Waals surface area (Å²) >= 11 is 0. The van der Waals surface area contributed by atoms with Crippen molar-refractivity contribution in [2.75, 3.05) is 0 Å². The zero-order valence-corrected chi connectivity index (χ0v) is 21.4. The summed E-state index contributed by atoms with van der Waals surface area (Å²) in [6, 6.07) is 36.1. The molecular formula is C36H18B2N2. The zero-order chi connectivity index (χ0) is 25.7. The monoisotopic (exact) mass is 500 g/mol. The van der Waals surface area contributed by atoms with Crippen LogP contribution in [-0.4, -0.2) is 23.4 Å². The molecule has 4 aliphatic heterocycles. The zero-order valence-electron chi connectivity index (χ0n) is 21.4. The maximum atomic E-state index is 5.10. The van der Waals surface area contributed by atoms with E-state index >= 15 is 0 Å². The molecule has 5 aromatic carbocycles. The van der Waals surface area contributed by atoms with Gasteiger partial charge in [0.2, 0.25) is 0 Å². The molecule has 40 heavy (non-hydrogen) atoms. The van der Waals surface area contributed by atoms with Crippen molar-refractivity contribution in [3.8, 4) is 44.5 Å². The molecule has 0 radical (unpaired) electrons. The summed E-state index contributed by atoms with van der Waals surface area (Å²) in [7, 11) is 0. The first-order valence-corrected chi connectivity index (χ1v) is 14.1. The number of aromatic nitrogens is 2. The van der Waals surface area contributed by atoms with Crippen LogP contribution in [0, 0.1) is 0 Å². The first-order valence-electron chi connectivity index (χ1n) is 14.1. The average Bonchev–Trinajstić information content (AvgIpc) is 3.53. The van der Waals surface area contributed by atoms with Crippen LogP contribution in [0.1, 0.15) is 0 Å². The van der Waals surface area contributed by atoms with Crippen LogP contribution in [0.25, 0.3) is 66.1 Å². The van der Waals surface area contributed by atoms with Crippen molar-refractivity contribution in [2.24, 2.45) is 0 Å². The van der Waals surface area contributed by atoms with Crippen LogP contribution in [0.4, 0.5) is 0 Å². The lowest BCUT2D eigenvalue weighted by molar-refractivity contribution is 1.39. The standard InChI is InChI=1S/C36H18B2N2/c1-7-19-9-3-15-25-27(19)21(11-1)29-31-23-13-5-17-39-35(23)38-26-16-4-10-20-8-2-12-22(28(20)26)30(34(31)38)32-24-14-6-18-40-36(24)37(25)33(29)32/h1-18H. The maximum Gasteiger partial charge on any atom is 0.267 e. The van der Waals surface area contributed by atoms with Crippen LogP contribution in [0.3, 0.4) is 0 Å². The highest BCUT2D eigenvalue weighted by Gasteiger charge is 2.50. The third kappa shape index (κ3) is 2.04. The van der Waals surface area contributed by atoms with Gasteiger partial charge in [0.25, 0.3) is 13.4 Å². The van der Waals surface area contributed by atoms with E-state index in [-0.39, 0.29) is 13.4 Å². The number of hydrogen-bond acceptors (Lipinski definition) is 2. The summed E-state index contributed by atoms with van der Waals surface area (Å²) in [4.78, 5) is 10.2. The van der Waals surface area contributed by atoms with E-state index < -0.39 is 0 Å². The Morgan fingerprint density at radius 3 is 1.27 bits per heavy atom. The van der Waals surface area contributed by atoms with Crippen LogP contribution in [0.5, 0.6) is 0 Å². The summed E-state index contributed by atoms with van der Waals surface area (Å²) in [5.74, 6) is 0. The highest BCUT2D eigenvalue weighted by atomic mass is 14.7. The molecule has 4 aliphatic rings. The quantitative estimate of drug-likeness (QED) is 0.297. The highest BCUT2D eigenvalue weighted by Crippen LogP contribution is 2.48. The second kappa shape index (κ2) is 6.60. The van der Waals surface area contributed by atoms with E-state index in [1.807, 2.05) is 12.4 Å². The molecule has 0 aliphatic carbocycles. The number of nitrogens with zero attached hydrogens (tertiary/aromatic N) is 2. The lowest BCUT2D eigenvalue weighted by Crippen LogP contribution is -2.55. The van der Waals surface area contributed by atoms with E-state index in [0.717, 1.165) is 0 Å². The molecule has 178 valence electrons. The lowest BCUT2D eigenvalue weighted by atomic mass is 9.34. The second-order valence-corrected chi connectivity index (χ2v) is 11.6. The maximum absolute atomic E-state index is 5.10. The van der Waals surface area contributed by atoms with E-state index in [1.165, 1.54) is 99.1 Å². The third-order valence-electron chi connectivity index (χ3n) is 9.95. The molecule has 0 fully saturated rings. The molecule has 4 heteroatoms. The Morgan fingerprint density at radius 2 is 0.800 bits per heavy atom. The second-order valence-electron chi connectivity index (χ2n) is 11.6. The van der Waals surface area contributed by atoms with Gasteiger partial charge in [-0.15, -0.1) is 0 Å². The molecule has 0 atom stereocenters. The lowest BCUT2D eigenvalue weighted by Gasteiger charge is -2.31. The molecule has 0 N–H and O–H groups in total. The van der Waals surface area contributed by atoms with Crippen molar-refractivity contribution in [3.05, 3.63) is 109 Å².